The van der Waals surface area contributed by atoms with Crippen LogP contribution >= 0.6 is 11.8 Å². The van der Waals surface area contributed by atoms with Crippen LogP contribution in [0.1, 0.15) is 5.82 Å². The molecule has 0 bridgehead atoms. The maximum absolute atomic E-state index is 5.79. The van der Waals surface area contributed by atoms with Crippen LogP contribution in [-0.4, -0.2) is 22.1 Å². The molecule has 6 heteroatoms. The fraction of sp³-hybridized carbons (Fsp3) is 0.143. The lowest BCUT2D eigenvalue weighted by Crippen LogP contribution is -2.01. The minimum atomic E-state index is 0.352. The number of nitrogens with two attached hydrogens (primary N) is 1. The summed E-state index contributed by atoms with van der Waals surface area (Å²) in [5.41, 5.74) is 6.89. The molecule has 5 nitrogen and oxygen atoms in total. The summed E-state index contributed by atoms with van der Waals surface area (Å²) in [4.78, 5) is 11.9. The Labute approximate surface area is 120 Å². The van der Waals surface area contributed by atoms with E-state index in [2.05, 4.69) is 27.1 Å². The maximum Gasteiger partial charge on any atom is 0.157 e. The van der Waals surface area contributed by atoms with E-state index in [4.69, 9.17) is 10.5 Å². The third kappa shape index (κ3) is 2.76. The summed E-state index contributed by atoms with van der Waals surface area (Å²) in [5.74, 6) is 1.04. The highest BCUT2D eigenvalue weighted by atomic mass is 32.2. The molecule has 0 aliphatic heterocycles. The number of nitrogens with zero attached hydrogens (tertiary/aromatic N) is 2. The molecule has 102 valence electrons. The first-order chi connectivity index (χ1) is 9.74. The number of methoxy groups -OCH3 is 1. The van der Waals surface area contributed by atoms with Crippen molar-refractivity contribution in [2.75, 3.05) is 12.8 Å². The zero-order valence-electron chi connectivity index (χ0n) is 11.0. The summed E-state index contributed by atoms with van der Waals surface area (Å²) in [5, 5.41) is 3.00. The van der Waals surface area contributed by atoms with Gasteiger partial charge in [0.2, 0.25) is 0 Å². The zero-order chi connectivity index (χ0) is 13.9. The summed E-state index contributed by atoms with van der Waals surface area (Å²) >= 11 is 1.53. The van der Waals surface area contributed by atoms with E-state index >= 15 is 0 Å². The van der Waals surface area contributed by atoms with Crippen molar-refractivity contribution in [3.05, 3.63) is 42.2 Å². The first-order valence-electron chi connectivity index (χ1n) is 6.12. The number of para-hydroxylation sites is 1. The first kappa shape index (κ1) is 13.0. The van der Waals surface area contributed by atoms with Crippen LogP contribution < -0.4 is 5.73 Å². The Balaban J connectivity index is 1.90. The number of hydrogen-bond acceptors (Lipinski definition) is 5. The van der Waals surface area contributed by atoms with Gasteiger partial charge in [-0.05, 0) is 12.1 Å². The molecular formula is C14H14N4OS. The second kappa shape index (κ2) is 5.52. The fourth-order valence-electron chi connectivity index (χ4n) is 1.95. The van der Waals surface area contributed by atoms with Gasteiger partial charge in [0, 0.05) is 24.1 Å². The Morgan fingerprint density at radius 3 is 2.90 bits per heavy atom. The van der Waals surface area contributed by atoms with Gasteiger partial charge >= 0.3 is 0 Å². The largest absolute Gasteiger partial charge is 0.384 e. The van der Waals surface area contributed by atoms with E-state index in [0.29, 0.717) is 18.2 Å². The molecule has 3 rings (SSSR count). The van der Waals surface area contributed by atoms with Crippen molar-refractivity contribution in [2.24, 2.45) is 0 Å². The number of ether oxygens (including phenoxy) is 1. The van der Waals surface area contributed by atoms with Gasteiger partial charge in [-0.2, -0.15) is 0 Å². The quantitative estimate of drug-likeness (QED) is 0.721. The van der Waals surface area contributed by atoms with Crippen LogP contribution in [0, 0.1) is 0 Å². The smallest absolute Gasteiger partial charge is 0.157 e. The Morgan fingerprint density at radius 2 is 2.10 bits per heavy atom. The van der Waals surface area contributed by atoms with Gasteiger partial charge in [-0.1, -0.05) is 30.0 Å². The lowest BCUT2D eigenvalue weighted by atomic mass is 10.3. The van der Waals surface area contributed by atoms with Crippen LogP contribution in [0.15, 0.2) is 46.5 Å². The normalized spacial score (nSPS) is 11.1. The standard InChI is InChI=1S/C14H14N4OS/c1-19-8-12-17-11(15)7-14(18-12)20-13-6-9-4-2-3-5-10(9)16-13/h2-7,16H,8H2,1H3,(H2,15,17,18). The number of benzene rings is 1. The van der Waals surface area contributed by atoms with Gasteiger partial charge in [0.25, 0.3) is 0 Å². The van der Waals surface area contributed by atoms with E-state index in [1.165, 1.54) is 17.1 Å². The highest BCUT2D eigenvalue weighted by Gasteiger charge is 2.07. The number of hydrogen-bond donors (Lipinski definition) is 2. The first-order valence-corrected chi connectivity index (χ1v) is 6.94. The van der Waals surface area contributed by atoms with Crippen LogP contribution in [0.5, 0.6) is 0 Å². The molecule has 0 spiro atoms. The Hall–Kier alpha value is -2.05. The third-order valence-corrected chi connectivity index (χ3v) is 3.62. The fourth-order valence-corrected chi connectivity index (χ4v) is 2.86. The molecule has 0 saturated carbocycles. The highest BCUT2D eigenvalue weighted by molar-refractivity contribution is 7.99. The summed E-state index contributed by atoms with van der Waals surface area (Å²) < 4.78 is 5.04. The number of H-pyrrole nitrogens is 1. The number of nitrogen functional groups attached to an aromatic ring is 1. The highest BCUT2D eigenvalue weighted by Crippen LogP contribution is 2.29. The average Bonchev–Trinajstić information content (AvgIpc) is 2.80. The van der Waals surface area contributed by atoms with E-state index in [9.17, 15) is 0 Å². The predicted octanol–water partition coefficient (Wildman–Crippen LogP) is 2.84. The van der Waals surface area contributed by atoms with Gasteiger partial charge in [-0.15, -0.1) is 0 Å². The molecule has 3 aromatic rings. The minimum Gasteiger partial charge on any atom is -0.384 e. The predicted molar refractivity (Wildman–Crippen MR) is 79.6 cm³/mol. The summed E-state index contributed by atoms with van der Waals surface area (Å²) in [6.07, 6.45) is 0. The molecule has 0 unspecified atom stereocenters. The number of rotatable bonds is 4. The van der Waals surface area contributed by atoms with Gasteiger partial charge in [0.05, 0.1) is 5.03 Å². The van der Waals surface area contributed by atoms with Crippen molar-refractivity contribution in [1.29, 1.82) is 0 Å². The molecule has 2 heterocycles. The van der Waals surface area contributed by atoms with Crippen molar-refractivity contribution in [3.8, 4) is 0 Å². The number of fused-ring (bicyclic) bond motifs is 1. The summed E-state index contributed by atoms with van der Waals surface area (Å²) in [6, 6.07) is 12.0. The second-order valence-corrected chi connectivity index (χ2v) is 5.37. The topological polar surface area (TPSA) is 76.8 Å². The molecule has 0 fully saturated rings. The zero-order valence-corrected chi connectivity index (χ0v) is 11.8. The van der Waals surface area contributed by atoms with Crippen LogP contribution in [-0.2, 0) is 11.3 Å². The number of aromatic nitrogens is 3. The van der Waals surface area contributed by atoms with Crippen molar-refractivity contribution in [3.63, 3.8) is 0 Å². The van der Waals surface area contributed by atoms with E-state index in [1.54, 1.807) is 13.2 Å². The van der Waals surface area contributed by atoms with Crippen molar-refractivity contribution in [1.82, 2.24) is 15.0 Å². The van der Waals surface area contributed by atoms with Gasteiger partial charge < -0.3 is 15.5 Å². The van der Waals surface area contributed by atoms with Crippen LogP contribution in [0.4, 0.5) is 5.82 Å². The lowest BCUT2D eigenvalue weighted by molar-refractivity contribution is 0.177. The van der Waals surface area contributed by atoms with Crippen LogP contribution in [0.25, 0.3) is 10.9 Å². The molecule has 2 aromatic heterocycles. The molecule has 0 radical (unpaired) electrons. The average molecular weight is 286 g/mol. The molecule has 0 saturated heterocycles. The summed E-state index contributed by atoms with van der Waals surface area (Å²) in [6.45, 7) is 0.352. The lowest BCUT2D eigenvalue weighted by Gasteiger charge is -2.03. The maximum atomic E-state index is 5.79. The SMILES string of the molecule is COCc1nc(N)cc(Sc2cc3ccccc3[nH]2)n1. The number of nitrogens with one attached hydrogen (secondary N) is 1. The van der Waals surface area contributed by atoms with Crippen molar-refractivity contribution in [2.45, 2.75) is 16.7 Å². The Morgan fingerprint density at radius 1 is 1.25 bits per heavy atom. The molecule has 3 N–H and O–H groups in total. The van der Waals surface area contributed by atoms with Crippen LogP contribution in [0.3, 0.4) is 0 Å². The monoisotopic (exact) mass is 286 g/mol. The molecule has 1 aromatic carbocycles. The van der Waals surface area contributed by atoms with Crippen molar-refractivity contribution >= 4 is 28.5 Å². The molecule has 0 aliphatic carbocycles. The molecule has 0 atom stereocenters. The minimum absolute atomic E-state index is 0.352. The number of anilines is 1. The Kier molecular flexibility index (Phi) is 3.58. The Bertz CT molecular complexity index is 708. The van der Waals surface area contributed by atoms with E-state index in [0.717, 1.165) is 15.6 Å². The second-order valence-electron chi connectivity index (χ2n) is 4.30. The van der Waals surface area contributed by atoms with Crippen molar-refractivity contribution < 1.29 is 4.74 Å². The van der Waals surface area contributed by atoms with Gasteiger partial charge in [-0.25, -0.2) is 9.97 Å². The van der Waals surface area contributed by atoms with E-state index < -0.39 is 0 Å². The van der Waals surface area contributed by atoms with E-state index in [-0.39, 0.29) is 0 Å². The third-order valence-electron chi connectivity index (χ3n) is 2.76. The van der Waals surface area contributed by atoms with Gasteiger partial charge in [0.15, 0.2) is 5.82 Å². The molecular weight excluding hydrogens is 272 g/mol. The van der Waals surface area contributed by atoms with Crippen LogP contribution in [0.2, 0.25) is 0 Å². The van der Waals surface area contributed by atoms with E-state index in [1.807, 2.05) is 18.2 Å². The van der Waals surface area contributed by atoms with Gasteiger partial charge in [0.1, 0.15) is 17.5 Å². The van der Waals surface area contributed by atoms with Gasteiger partial charge in [-0.3, -0.25) is 0 Å². The number of aromatic amines is 1. The molecule has 20 heavy (non-hydrogen) atoms. The molecule has 0 aliphatic rings. The molecule has 0 amide bonds. The summed E-state index contributed by atoms with van der Waals surface area (Å²) in [7, 11) is 1.61.